The lowest BCUT2D eigenvalue weighted by Crippen LogP contribution is -2.28. The van der Waals surface area contributed by atoms with E-state index in [1.165, 1.54) is 12.8 Å². The number of halogens is 1. The second kappa shape index (κ2) is 7.59. The van der Waals surface area contributed by atoms with Crippen LogP contribution in [0.25, 0.3) is 0 Å². The summed E-state index contributed by atoms with van der Waals surface area (Å²) in [5.41, 5.74) is 0.980. The number of hydrogen-bond donors (Lipinski definition) is 1. The van der Waals surface area contributed by atoms with Crippen molar-refractivity contribution >= 4 is 11.6 Å². The monoisotopic (exact) mass is 311 g/mol. The molecular formula is C17H26ClNO2. The molecule has 0 saturated heterocycles. The number of nitrogens with one attached hydrogen (secondary N) is 1. The summed E-state index contributed by atoms with van der Waals surface area (Å²) in [6, 6.07) is 8.61. The molecule has 2 rings (SSSR count). The van der Waals surface area contributed by atoms with Crippen molar-refractivity contribution in [3.8, 4) is 0 Å². The SMILES string of the molecule is COC(C)(C)CCOC(CNC1CC1)c1cccc(Cl)c1. The van der Waals surface area contributed by atoms with Crippen molar-refractivity contribution in [1.82, 2.24) is 5.32 Å². The van der Waals surface area contributed by atoms with Gasteiger partial charge in [0.25, 0.3) is 0 Å². The van der Waals surface area contributed by atoms with Crippen LogP contribution in [0.2, 0.25) is 5.02 Å². The molecule has 1 aromatic carbocycles. The molecule has 1 aliphatic carbocycles. The highest BCUT2D eigenvalue weighted by Crippen LogP contribution is 2.25. The van der Waals surface area contributed by atoms with Crippen LogP contribution in [0, 0.1) is 0 Å². The molecule has 1 aliphatic rings. The molecule has 1 fully saturated rings. The Balaban J connectivity index is 1.91. The van der Waals surface area contributed by atoms with E-state index >= 15 is 0 Å². The summed E-state index contributed by atoms with van der Waals surface area (Å²) in [4.78, 5) is 0. The van der Waals surface area contributed by atoms with Gasteiger partial charge in [-0.25, -0.2) is 0 Å². The molecule has 0 bridgehead atoms. The van der Waals surface area contributed by atoms with Crippen molar-refractivity contribution in [3.05, 3.63) is 34.9 Å². The zero-order valence-corrected chi connectivity index (χ0v) is 14.0. The summed E-state index contributed by atoms with van der Waals surface area (Å²) < 4.78 is 11.5. The quantitative estimate of drug-likeness (QED) is 0.748. The van der Waals surface area contributed by atoms with Gasteiger partial charge in [-0.2, -0.15) is 0 Å². The Morgan fingerprint density at radius 3 is 2.76 bits per heavy atom. The summed E-state index contributed by atoms with van der Waals surface area (Å²) in [6.45, 7) is 5.66. The topological polar surface area (TPSA) is 30.5 Å². The van der Waals surface area contributed by atoms with Crippen molar-refractivity contribution in [2.75, 3.05) is 20.3 Å². The van der Waals surface area contributed by atoms with Crippen LogP contribution in [-0.4, -0.2) is 31.9 Å². The van der Waals surface area contributed by atoms with Crippen LogP contribution in [0.15, 0.2) is 24.3 Å². The molecule has 0 radical (unpaired) electrons. The van der Waals surface area contributed by atoms with Crippen molar-refractivity contribution in [2.45, 2.75) is 50.9 Å². The van der Waals surface area contributed by atoms with Gasteiger partial charge >= 0.3 is 0 Å². The molecule has 0 aliphatic heterocycles. The van der Waals surface area contributed by atoms with E-state index < -0.39 is 0 Å². The van der Waals surface area contributed by atoms with Gasteiger partial charge in [0.05, 0.1) is 18.3 Å². The van der Waals surface area contributed by atoms with Crippen LogP contribution < -0.4 is 5.32 Å². The molecule has 1 N–H and O–H groups in total. The number of benzene rings is 1. The van der Waals surface area contributed by atoms with Gasteiger partial charge in [0, 0.05) is 24.7 Å². The molecule has 1 aromatic rings. The lowest BCUT2D eigenvalue weighted by molar-refractivity contribution is -0.0272. The maximum absolute atomic E-state index is 6.10. The first-order chi connectivity index (χ1) is 10.00. The minimum Gasteiger partial charge on any atom is -0.379 e. The Bertz CT molecular complexity index is 446. The lowest BCUT2D eigenvalue weighted by atomic mass is 10.1. The van der Waals surface area contributed by atoms with Gasteiger partial charge in [0.15, 0.2) is 0 Å². The predicted molar refractivity (Wildman–Crippen MR) is 86.9 cm³/mol. The maximum atomic E-state index is 6.10. The minimum atomic E-state index is -0.150. The van der Waals surface area contributed by atoms with Gasteiger partial charge in [0.1, 0.15) is 0 Å². The first-order valence-corrected chi connectivity index (χ1v) is 8.03. The Kier molecular flexibility index (Phi) is 6.06. The highest BCUT2D eigenvalue weighted by molar-refractivity contribution is 6.30. The van der Waals surface area contributed by atoms with E-state index in [9.17, 15) is 0 Å². The van der Waals surface area contributed by atoms with E-state index in [0.29, 0.717) is 12.6 Å². The number of rotatable bonds is 9. The van der Waals surface area contributed by atoms with Crippen molar-refractivity contribution in [3.63, 3.8) is 0 Å². The molecule has 1 saturated carbocycles. The second-order valence-corrected chi connectivity index (χ2v) is 6.75. The van der Waals surface area contributed by atoms with E-state index in [1.54, 1.807) is 7.11 Å². The Morgan fingerprint density at radius 2 is 2.14 bits per heavy atom. The summed E-state index contributed by atoms with van der Waals surface area (Å²) >= 11 is 6.10. The van der Waals surface area contributed by atoms with Crippen LogP contribution in [0.5, 0.6) is 0 Å². The maximum Gasteiger partial charge on any atom is 0.0949 e. The fraction of sp³-hybridized carbons (Fsp3) is 0.647. The normalized spacial score (nSPS) is 17.0. The van der Waals surface area contributed by atoms with Gasteiger partial charge in [-0.15, -0.1) is 0 Å². The van der Waals surface area contributed by atoms with E-state index in [1.807, 2.05) is 18.2 Å². The molecule has 0 aromatic heterocycles. The molecule has 4 heteroatoms. The largest absolute Gasteiger partial charge is 0.379 e. The molecule has 0 heterocycles. The van der Waals surface area contributed by atoms with Crippen molar-refractivity contribution in [2.24, 2.45) is 0 Å². The summed E-state index contributed by atoms with van der Waals surface area (Å²) in [5, 5.41) is 4.29. The smallest absolute Gasteiger partial charge is 0.0949 e. The second-order valence-electron chi connectivity index (χ2n) is 6.31. The zero-order chi connectivity index (χ0) is 15.3. The number of ether oxygens (including phenoxy) is 2. The molecule has 1 unspecified atom stereocenters. The first kappa shape index (κ1) is 16.8. The average molecular weight is 312 g/mol. The highest BCUT2D eigenvalue weighted by Gasteiger charge is 2.23. The molecule has 21 heavy (non-hydrogen) atoms. The third kappa shape index (κ3) is 5.95. The highest BCUT2D eigenvalue weighted by atomic mass is 35.5. The van der Waals surface area contributed by atoms with Gasteiger partial charge in [-0.1, -0.05) is 23.7 Å². The third-order valence-electron chi connectivity index (χ3n) is 3.97. The van der Waals surface area contributed by atoms with E-state index in [4.69, 9.17) is 21.1 Å². The van der Waals surface area contributed by atoms with E-state index in [2.05, 4.69) is 25.2 Å². The van der Waals surface area contributed by atoms with Crippen LogP contribution >= 0.6 is 11.6 Å². The predicted octanol–water partition coefficient (Wildman–Crippen LogP) is 3.96. The average Bonchev–Trinajstić information content (AvgIpc) is 3.26. The summed E-state index contributed by atoms with van der Waals surface area (Å²) in [6.07, 6.45) is 3.46. The van der Waals surface area contributed by atoms with Crippen LogP contribution in [0.4, 0.5) is 0 Å². The van der Waals surface area contributed by atoms with Gasteiger partial charge in [-0.3, -0.25) is 0 Å². The lowest BCUT2D eigenvalue weighted by Gasteiger charge is -2.25. The van der Waals surface area contributed by atoms with Crippen LogP contribution in [0.1, 0.15) is 44.8 Å². The van der Waals surface area contributed by atoms with Gasteiger partial charge in [-0.05, 0) is 50.8 Å². The third-order valence-corrected chi connectivity index (χ3v) is 4.20. The van der Waals surface area contributed by atoms with Crippen molar-refractivity contribution in [1.29, 1.82) is 0 Å². The summed E-state index contributed by atoms with van der Waals surface area (Å²) in [5.74, 6) is 0. The Labute approximate surface area is 133 Å². The standard InChI is InChI=1S/C17H26ClNO2/c1-17(2,20-3)9-10-21-16(12-19-15-7-8-15)13-5-4-6-14(18)11-13/h4-6,11,15-16,19H,7-10,12H2,1-3H3. The Morgan fingerprint density at radius 1 is 1.38 bits per heavy atom. The molecule has 0 amide bonds. The minimum absolute atomic E-state index is 0.0388. The number of methoxy groups -OCH3 is 1. The molecule has 1 atom stereocenters. The van der Waals surface area contributed by atoms with Crippen molar-refractivity contribution < 1.29 is 9.47 Å². The Hall–Kier alpha value is -0.610. The molecular weight excluding hydrogens is 286 g/mol. The first-order valence-electron chi connectivity index (χ1n) is 7.66. The van der Waals surface area contributed by atoms with Gasteiger partial charge < -0.3 is 14.8 Å². The molecule has 118 valence electrons. The number of hydrogen-bond acceptors (Lipinski definition) is 3. The summed E-state index contributed by atoms with van der Waals surface area (Å²) in [7, 11) is 1.74. The molecule has 3 nitrogen and oxygen atoms in total. The fourth-order valence-electron chi connectivity index (χ4n) is 2.09. The fourth-order valence-corrected chi connectivity index (χ4v) is 2.29. The van der Waals surface area contributed by atoms with E-state index in [0.717, 1.165) is 23.6 Å². The van der Waals surface area contributed by atoms with E-state index in [-0.39, 0.29) is 11.7 Å². The zero-order valence-electron chi connectivity index (χ0n) is 13.2. The van der Waals surface area contributed by atoms with Crippen LogP contribution in [0.3, 0.4) is 0 Å². The van der Waals surface area contributed by atoms with Crippen LogP contribution in [-0.2, 0) is 9.47 Å². The molecule has 0 spiro atoms. The van der Waals surface area contributed by atoms with Gasteiger partial charge in [0.2, 0.25) is 0 Å².